The lowest BCUT2D eigenvalue weighted by Gasteiger charge is -2.23. The molecule has 0 unspecified atom stereocenters. The second-order valence-electron chi connectivity index (χ2n) is 4.90. The number of rotatable bonds is 7. The van der Waals surface area contributed by atoms with E-state index in [1.54, 1.807) is 7.11 Å². The van der Waals surface area contributed by atoms with Crippen molar-refractivity contribution in [3.8, 4) is 11.5 Å². The Hall–Kier alpha value is -2.26. The topological polar surface area (TPSA) is 95.7 Å². The van der Waals surface area contributed by atoms with Crippen molar-refractivity contribution in [3.63, 3.8) is 0 Å². The van der Waals surface area contributed by atoms with Crippen LogP contribution in [0.5, 0.6) is 11.5 Å². The average molecular weight is 351 g/mol. The molecule has 0 bridgehead atoms. The predicted octanol–water partition coefficient (Wildman–Crippen LogP) is 1.44. The highest BCUT2D eigenvalue weighted by atomic mass is 32.2. The molecule has 0 aliphatic carbocycles. The van der Waals surface area contributed by atoms with E-state index in [9.17, 15) is 4.79 Å². The molecule has 0 radical (unpaired) electrons. The molecule has 2 aromatic rings. The SMILES string of the molecule is COCCNC(=O)CSc1nnc([C@H]2COc3ccccc3O2)o1. The van der Waals surface area contributed by atoms with Crippen molar-refractivity contribution in [2.45, 2.75) is 11.3 Å². The molecule has 0 fully saturated rings. The molecule has 0 spiro atoms. The van der Waals surface area contributed by atoms with Gasteiger partial charge in [0.1, 0.15) is 6.61 Å². The highest BCUT2D eigenvalue weighted by Crippen LogP contribution is 2.35. The van der Waals surface area contributed by atoms with Gasteiger partial charge in [-0.05, 0) is 12.1 Å². The fourth-order valence-corrected chi connectivity index (χ4v) is 2.62. The van der Waals surface area contributed by atoms with Crippen LogP contribution >= 0.6 is 11.8 Å². The number of hydrogen-bond donors (Lipinski definition) is 1. The molecule has 3 rings (SSSR count). The van der Waals surface area contributed by atoms with Crippen LogP contribution in [-0.2, 0) is 9.53 Å². The van der Waals surface area contributed by atoms with E-state index in [-0.39, 0.29) is 11.7 Å². The molecular formula is C15H17N3O5S. The van der Waals surface area contributed by atoms with Crippen LogP contribution in [0.1, 0.15) is 12.0 Å². The highest BCUT2D eigenvalue weighted by Gasteiger charge is 2.27. The molecule has 1 aromatic carbocycles. The number of nitrogens with zero attached hydrogens (tertiary/aromatic N) is 2. The molecule has 2 heterocycles. The third-order valence-corrected chi connectivity index (χ3v) is 3.98. The van der Waals surface area contributed by atoms with Gasteiger partial charge in [-0.25, -0.2) is 0 Å². The van der Waals surface area contributed by atoms with Crippen molar-refractivity contribution in [2.75, 3.05) is 32.6 Å². The van der Waals surface area contributed by atoms with Crippen molar-refractivity contribution in [1.29, 1.82) is 0 Å². The number of carbonyl (C=O) groups excluding carboxylic acids is 1. The summed E-state index contributed by atoms with van der Waals surface area (Å²) in [5.74, 6) is 1.72. The fourth-order valence-electron chi connectivity index (χ4n) is 2.02. The van der Waals surface area contributed by atoms with Gasteiger partial charge in [0, 0.05) is 13.7 Å². The molecule has 1 aliphatic heterocycles. The first-order chi connectivity index (χ1) is 11.8. The summed E-state index contributed by atoms with van der Waals surface area (Å²) >= 11 is 1.17. The molecule has 9 heteroatoms. The number of para-hydroxylation sites is 2. The van der Waals surface area contributed by atoms with Crippen LogP contribution in [0.25, 0.3) is 0 Å². The normalized spacial score (nSPS) is 16.0. The lowest BCUT2D eigenvalue weighted by molar-refractivity contribution is -0.118. The van der Waals surface area contributed by atoms with E-state index in [0.717, 1.165) is 0 Å². The minimum atomic E-state index is -0.461. The summed E-state index contributed by atoms with van der Waals surface area (Å²) < 4.78 is 21.8. The van der Waals surface area contributed by atoms with Crippen LogP contribution in [0, 0.1) is 0 Å². The van der Waals surface area contributed by atoms with Gasteiger partial charge in [-0.15, -0.1) is 10.2 Å². The Morgan fingerprint density at radius 2 is 2.21 bits per heavy atom. The number of aromatic nitrogens is 2. The Labute approximate surface area is 142 Å². The van der Waals surface area contributed by atoms with Gasteiger partial charge in [0.2, 0.25) is 12.0 Å². The molecule has 1 amide bonds. The Balaban J connectivity index is 1.52. The number of hydrogen-bond acceptors (Lipinski definition) is 8. The largest absolute Gasteiger partial charge is 0.485 e. The number of nitrogens with one attached hydrogen (secondary N) is 1. The van der Waals surface area contributed by atoms with Crippen molar-refractivity contribution in [1.82, 2.24) is 15.5 Å². The number of methoxy groups -OCH3 is 1. The lowest BCUT2D eigenvalue weighted by Crippen LogP contribution is -2.28. The molecular weight excluding hydrogens is 334 g/mol. The molecule has 128 valence electrons. The predicted molar refractivity (Wildman–Crippen MR) is 85.2 cm³/mol. The van der Waals surface area contributed by atoms with E-state index < -0.39 is 6.10 Å². The van der Waals surface area contributed by atoms with E-state index in [1.807, 2.05) is 24.3 Å². The van der Waals surface area contributed by atoms with Crippen LogP contribution in [0.15, 0.2) is 33.9 Å². The standard InChI is InChI=1S/C15H17N3O5S/c1-20-7-6-16-13(19)9-24-15-18-17-14(23-15)12-8-21-10-4-2-3-5-11(10)22-12/h2-5,12H,6-9H2,1H3,(H,16,19)/t12-/m1/s1. The Morgan fingerprint density at radius 1 is 1.38 bits per heavy atom. The van der Waals surface area contributed by atoms with Crippen LogP contribution < -0.4 is 14.8 Å². The molecule has 1 atom stereocenters. The Kier molecular flexibility index (Phi) is 5.55. The van der Waals surface area contributed by atoms with Gasteiger partial charge in [0.05, 0.1) is 12.4 Å². The number of amides is 1. The summed E-state index contributed by atoms with van der Waals surface area (Å²) in [6.07, 6.45) is -0.461. The maximum atomic E-state index is 11.6. The Bertz CT molecular complexity index is 693. The van der Waals surface area contributed by atoms with E-state index in [1.165, 1.54) is 11.8 Å². The summed E-state index contributed by atoms with van der Waals surface area (Å²) in [6.45, 7) is 1.24. The first-order valence-electron chi connectivity index (χ1n) is 7.36. The summed E-state index contributed by atoms with van der Waals surface area (Å²) in [5, 5.41) is 10.9. The summed E-state index contributed by atoms with van der Waals surface area (Å²) in [7, 11) is 1.58. The second-order valence-corrected chi connectivity index (χ2v) is 5.83. The third-order valence-electron chi connectivity index (χ3n) is 3.16. The summed E-state index contributed by atoms with van der Waals surface area (Å²) in [4.78, 5) is 11.6. The van der Waals surface area contributed by atoms with Crippen molar-refractivity contribution in [3.05, 3.63) is 30.2 Å². The zero-order valence-electron chi connectivity index (χ0n) is 13.1. The van der Waals surface area contributed by atoms with Crippen LogP contribution in [0.2, 0.25) is 0 Å². The molecule has 1 aliphatic rings. The van der Waals surface area contributed by atoms with Crippen LogP contribution in [-0.4, -0.2) is 48.7 Å². The Morgan fingerprint density at radius 3 is 3.04 bits per heavy atom. The minimum absolute atomic E-state index is 0.122. The lowest BCUT2D eigenvalue weighted by atomic mass is 10.2. The zero-order chi connectivity index (χ0) is 16.8. The van der Waals surface area contributed by atoms with Gasteiger partial charge in [-0.2, -0.15) is 0 Å². The molecule has 8 nitrogen and oxygen atoms in total. The van der Waals surface area contributed by atoms with Crippen molar-refractivity contribution >= 4 is 17.7 Å². The van der Waals surface area contributed by atoms with E-state index in [4.69, 9.17) is 18.6 Å². The first-order valence-corrected chi connectivity index (χ1v) is 8.35. The summed E-state index contributed by atoms with van der Waals surface area (Å²) in [5.41, 5.74) is 0. The monoisotopic (exact) mass is 351 g/mol. The van der Waals surface area contributed by atoms with E-state index >= 15 is 0 Å². The third kappa shape index (κ3) is 4.18. The van der Waals surface area contributed by atoms with Crippen LogP contribution in [0.4, 0.5) is 0 Å². The van der Waals surface area contributed by atoms with E-state index in [0.29, 0.717) is 42.4 Å². The van der Waals surface area contributed by atoms with Crippen molar-refractivity contribution in [2.24, 2.45) is 0 Å². The maximum Gasteiger partial charge on any atom is 0.277 e. The molecule has 1 N–H and O–H groups in total. The smallest absolute Gasteiger partial charge is 0.277 e. The van der Waals surface area contributed by atoms with Gasteiger partial charge in [0.25, 0.3) is 11.1 Å². The molecule has 0 saturated heterocycles. The summed E-state index contributed by atoms with van der Waals surface area (Å²) in [6, 6.07) is 7.39. The zero-order valence-corrected chi connectivity index (χ0v) is 13.9. The minimum Gasteiger partial charge on any atom is -0.485 e. The number of fused-ring (bicyclic) bond motifs is 1. The van der Waals surface area contributed by atoms with Gasteiger partial charge in [-0.3, -0.25) is 4.79 Å². The van der Waals surface area contributed by atoms with Gasteiger partial charge >= 0.3 is 0 Å². The second kappa shape index (κ2) is 8.02. The van der Waals surface area contributed by atoms with Gasteiger partial charge in [0.15, 0.2) is 11.5 Å². The highest BCUT2D eigenvalue weighted by molar-refractivity contribution is 7.99. The number of benzene rings is 1. The van der Waals surface area contributed by atoms with Crippen molar-refractivity contribution < 1.29 is 23.4 Å². The maximum absolute atomic E-state index is 11.6. The number of thioether (sulfide) groups is 1. The molecule has 1 aromatic heterocycles. The van der Waals surface area contributed by atoms with Gasteiger partial charge in [-0.1, -0.05) is 23.9 Å². The number of ether oxygens (including phenoxy) is 3. The van der Waals surface area contributed by atoms with Gasteiger partial charge < -0.3 is 23.9 Å². The molecule has 24 heavy (non-hydrogen) atoms. The fraction of sp³-hybridized carbons (Fsp3) is 0.400. The quantitative estimate of drug-likeness (QED) is 0.591. The molecule has 0 saturated carbocycles. The first kappa shape index (κ1) is 16.6. The van der Waals surface area contributed by atoms with Crippen LogP contribution in [0.3, 0.4) is 0 Å². The van der Waals surface area contributed by atoms with E-state index in [2.05, 4.69) is 15.5 Å². The average Bonchev–Trinajstić information content (AvgIpc) is 3.09. The number of carbonyl (C=O) groups is 1.